The van der Waals surface area contributed by atoms with Crippen molar-refractivity contribution in [3.05, 3.63) is 24.5 Å². The number of pyridine rings is 1. The van der Waals surface area contributed by atoms with Crippen LogP contribution in [0.15, 0.2) is 29.4 Å². The first kappa shape index (κ1) is 9.85. The molecular weight excluding hydrogens is 188 g/mol. The van der Waals surface area contributed by atoms with Crippen LogP contribution in [-0.2, 0) is 22.1 Å². The summed E-state index contributed by atoms with van der Waals surface area (Å²) in [6.07, 6.45) is 4.97. The highest BCUT2D eigenvalue weighted by atomic mass is 32.2. The van der Waals surface area contributed by atoms with Gasteiger partial charge in [0.2, 0.25) is 6.54 Å². The van der Waals surface area contributed by atoms with Gasteiger partial charge in [0.1, 0.15) is 0 Å². The van der Waals surface area contributed by atoms with E-state index in [0.29, 0.717) is 0 Å². The van der Waals surface area contributed by atoms with Crippen LogP contribution in [0.5, 0.6) is 0 Å². The molecular formula is C8H11N2O2S+. The minimum Gasteiger partial charge on any atom is -0.364 e. The van der Waals surface area contributed by atoms with Crippen LogP contribution in [0.2, 0.25) is 0 Å². The van der Waals surface area contributed by atoms with Crippen LogP contribution in [0, 0.1) is 0 Å². The van der Waals surface area contributed by atoms with E-state index in [1.165, 1.54) is 0 Å². The van der Waals surface area contributed by atoms with E-state index in [-0.39, 0.29) is 6.54 Å². The van der Waals surface area contributed by atoms with Crippen molar-refractivity contribution in [2.75, 3.05) is 6.26 Å². The number of carbonyl (C=O) groups is 1. The van der Waals surface area contributed by atoms with E-state index in [4.69, 9.17) is 5.73 Å². The van der Waals surface area contributed by atoms with Crippen molar-refractivity contribution in [2.24, 2.45) is 5.73 Å². The van der Waals surface area contributed by atoms with Gasteiger partial charge >= 0.3 is 0 Å². The number of rotatable bonds is 3. The number of hydrogen-bond acceptors (Lipinski definition) is 2. The first-order valence-electron chi connectivity index (χ1n) is 3.70. The summed E-state index contributed by atoms with van der Waals surface area (Å²) in [5.74, 6) is -0.393. The van der Waals surface area contributed by atoms with Crippen LogP contribution in [0.1, 0.15) is 0 Å². The van der Waals surface area contributed by atoms with Gasteiger partial charge < -0.3 is 5.73 Å². The topological polar surface area (TPSA) is 64.0 Å². The first-order chi connectivity index (χ1) is 6.09. The second-order valence-corrected chi connectivity index (χ2v) is 4.01. The number of primary amides is 1. The van der Waals surface area contributed by atoms with Crippen molar-refractivity contribution < 1.29 is 13.6 Å². The smallest absolute Gasteiger partial charge is 0.283 e. The van der Waals surface area contributed by atoms with Crippen LogP contribution < -0.4 is 10.3 Å². The number of aromatic nitrogens is 1. The summed E-state index contributed by atoms with van der Waals surface area (Å²) < 4.78 is 12.6. The quantitative estimate of drug-likeness (QED) is 0.647. The standard InChI is InChI=1S/C8H10N2O2S/c1-13(12)7-2-4-10(5-3-7)6-8(9)11/h2-5H,6H2,1H3,(H-,9,11)/p+1. The maximum Gasteiger partial charge on any atom is 0.283 e. The maximum absolute atomic E-state index is 11.0. The molecule has 1 aromatic rings. The van der Waals surface area contributed by atoms with Crippen molar-refractivity contribution in [3.63, 3.8) is 0 Å². The van der Waals surface area contributed by atoms with Gasteiger partial charge in [-0.1, -0.05) is 0 Å². The molecule has 13 heavy (non-hydrogen) atoms. The Kier molecular flexibility index (Phi) is 3.13. The van der Waals surface area contributed by atoms with E-state index in [9.17, 15) is 9.00 Å². The first-order valence-corrected chi connectivity index (χ1v) is 5.26. The molecule has 1 amide bonds. The third-order valence-corrected chi connectivity index (χ3v) is 2.47. The van der Waals surface area contributed by atoms with E-state index >= 15 is 0 Å². The van der Waals surface area contributed by atoms with E-state index in [2.05, 4.69) is 0 Å². The molecule has 1 atom stereocenters. The molecule has 5 heteroatoms. The number of nitrogens with zero attached hydrogens (tertiary/aromatic N) is 1. The molecule has 1 heterocycles. The molecule has 0 radical (unpaired) electrons. The van der Waals surface area contributed by atoms with Gasteiger partial charge in [-0.05, 0) is 0 Å². The fourth-order valence-electron chi connectivity index (χ4n) is 0.921. The van der Waals surface area contributed by atoms with Crippen molar-refractivity contribution in [1.82, 2.24) is 0 Å². The SMILES string of the molecule is CS(=O)c1cc[n+](CC(N)=O)cc1. The molecule has 0 aliphatic carbocycles. The van der Waals surface area contributed by atoms with Crippen molar-refractivity contribution >= 4 is 16.7 Å². The lowest BCUT2D eigenvalue weighted by Crippen LogP contribution is -2.40. The van der Waals surface area contributed by atoms with Gasteiger partial charge in [0, 0.05) is 18.4 Å². The molecule has 0 spiro atoms. The Balaban J connectivity index is 2.81. The lowest BCUT2D eigenvalue weighted by atomic mass is 10.4. The lowest BCUT2D eigenvalue weighted by molar-refractivity contribution is -0.684. The molecule has 0 saturated carbocycles. The lowest BCUT2D eigenvalue weighted by Gasteiger charge is -1.94. The number of nitrogens with two attached hydrogens (primary N) is 1. The largest absolute Gasteiger partial charge is 0.364 e. The molecule has 1 rings (SSSR count). The van der Waals surface area contributed by atoms with Crippen LogP contribution in [0.4, 0.5) is 0 Å². The van der Waals surface area contributed by atoms with Gasteiger partial charge in [0.25, 0.3) is 5.91 Å². The zero-order chi connectivity index (χ0) is 9.84. The van der Waals surface area contributed by atoms with E-state index in [1.807, 2.05) is 0 Å². The fraction of sp³-hybridized carbons (Fsp3) is 0.250. The average molecular weight is 199 g/mol. The molecule has 2 N–H and O–H groups in total. The Morgan fingerprint density at radius 1 is 1.54 bits per heavy atom. The molecule has 0 aliphatic heterocycles. The number of carbonyl (C=O) groups excluding carboxylic acids is 1. The molecule has 1 unspecified atom stereocenters. The zero-order valence-corrected chi connectivity index (χ0v) is 8.08. The van der Waals surface area contributed by atoms with Gasteiger partial charge in [0.15, 0.2) is 12.4 Å². The van der Waals surface area contributed by atoms with Gasteiger partial charge in [-0.3, -0.25) is 9.00 Å². The van der Waals surface area contributed by atoms with E-state index in [1.54, 1.807) is 35.3 Å². The summed E-state index contributed by atoms with van der Waals surface area (Å²) in [6, 6.07) is 3.41. The van der Waals surface area contributed by atoms with Crippen LogP contribution in [0.3, 0.4) is 0 Å². The number of amides is 1. The predicted molar refractivity (Wildman–Crippen MR) is 48.2 cm³/mol. The third kappa shape index (κ3) is 2.95. The molecule has 70 valence electrons. The van der Waals surface area contributed by atoms with Gasteiger partial charge in [-0.25, -0.2) is 0 Å². The van der Waals surface area contributed by atoms with Crippen LogP contribution in [0.25, 0.3) is 0 Å². The van der Waals surface area contributed by atoms with Crippen molar-refractivity contribution in [3.8, 4) is 0 Å². The average Bonchev–Trinajstić information content (AvgIpc) is 2.04. The molecule has 4 nitrogen and oxygen atoms in total. The molecule has 0 aliphatic rings. The molecule has 0 fully saturated rings. The normalized spacial score (nSPS) is 12.4. The Hall–Kier alpha value is -1.23. The van der Waals surface area contributed by atoms with Crippen molar-refractivity contribution in [1.29, 1.82) is 0 Å². The number of hydrogen-bond donors (Lipinski definition) is 1. The highest BCUT2D eigenvalue weighted by Crippen LogP contribution is 1.99. The maximum atomic E-state index is 11.0. The Morgan fingerprint density at radius 3 is 2.46 bits per heavy atom. The summed E-state index contributed by atoms with van der Waals surface area (Å²) in [5, 5.41) is 0. The van der Waals surface area contributed by atoms with E-state index in [0.717, 1.165) is 4.90 Å². The fourth-order valence-corrected chi connectivity index (χ4v) is 1.43. The minimum atomic E-state index is -0.979. The Bertz CT molecular complexity index is 335. The Morgan fingerprint density at radius 2 is 2.08 bits per heavy atom. The highest BCUT2D eigenvalue weighted by Gasteiger charge is 2.05. The predicted octanol–water partition coefficient (Wildman–Crippen LogP) is -0.803. The van der Waals surface area contributed by atoms with Crippen LogP contribution in [-0.4, -0.2) is 16.4 Å². The summed E-state index contributed by atoms with van der Waals surface area (Å²) in [5.41, 5.74) is 5.00. The molecule has 0 saturated heterocycles. The van der Waals surface area contributed by atoms with Gasteiger partial charge in [-0.2, -0.15) is 4.57 Å². The molecule has 0 aromatic carbocycles. The monoisotopic (exact) mass is 199 g/mol. The third-order valence-electron chi connectivity index (χ3n) is 1.53. The van der Waals surface area contributed by atoms with Crippen molar-refractivity contribution in [2.45, 2.75) is 11.4 Å². The minimum absolute atomic E-state index is 0.149. The van der Waals surface area contributed by atoms with Gasteiger partial charge in [-0.15, -0.1) is 0 Å². The summed E-state index contributed by atoms with van der Waals surface area (Å²) >= 11 is 0. The summed E-state index contributed by atoms with van der Waals surface area (Å²) in [6.45, 7) is 0.149. The second kappa shape index (κ2) is 4.13. The highest BCUT2D eigenvalue weighted by molar-refractivity contribution is 7.84. The zero-order valence-electron chi connectivity index (χ0n) is 7.27. The second-order valence-electron chi connectivity index (χ2n) is 2.63. The van der Waals surface area contributed by atoms with Gasteiger partial charge in [0.05, 0.1) is 15.7 Å². The Labute approximate surface area is 78.8 Å². The molecule has 0 bridgehead atoms. The van der Waals surface area contributed by atoms with E-state index < -0.39 is 16.7 Å². The summed E-state index contributed by atoms with van der Waals surface area (Å²) in [7, 11) is -0.979. The molecule has 1 aromatic heterocycles. The van der Waals surface area contributed by atoms with Crippen LogP contribution >= 0.6 is 0 Å². The summed E-state index contributed by atoms with van der Waals surface area (Å²) in [4.78, 5) is 11.3.